The van der Waals surface area contributed by atoms with Gasteiger partial charge in [-0.3, -0.25) is 4.90 Å². The summed E-state index contributed by atoms with van der Waals surface area (Å²) in [6.45, 7) is 0.331. The standard InChI is InChI=1S/C8H14F3NO/c1-12(6-8(9,10)11)7-2-4-13-5-3-7/h7H,2-6H2,1H3. The van der Waals surface area contributed by atoms with Gasteiger partial charge in [-0.05, 0) is 19.9 Å². The van der Waals surface area contributed by atoms with Gasteiger partial charge in [-0.15, -0.1) is 0 Å². The summed E-state index contributed by atoms with van der Waals surface area (Å²) in [6, 6.07) is 0.0235. The number of rotatable bonds is 2. The Bertz CT molecular complexity index is 154. The number of ether oxygens (including phenoxy) is 1. The monoisotopic (exact) mass is 197 g/mol. The molecule has 0 amide bonds. The van der Waals surface area contributed by atoms with Crippen molar-refractivity contribution in [3.8, 4) is 0 Å². The van der Waals surface area contributed by atoms with Gasteiger partial charge < -0.3 is 4.74 Å². The Morgan fingerprint density at radius 3 is 2.31 bits per heavy atom. The maximum Gasteiger partial charge on any atom is 0.401 e. The quantitative estimate of drug-likeness (QED) is 0.667. The van der Waals surface area contributed by atoms with Crippen molar-refractivity contribution in [2.75, 3.05) is 26.8 Å². The van der Waals surface area contributed by atoms with Crippen molar-refractivity contribution in [1.82, 2.24) is 4.90 Å². The molecular formula is C8H14F3NO. The molecule has 1 aliphatic rings. The van der Waals surface area contributed by atoms with Crippen molar-refractivity contribution < 1.29 is 17.9 Å². The molecule has 0 aliphatic carbocycles. The first-order valence-electron chi connectivity index (χ1n) is 4.34. The van der Waals surface area contributed by atoms with E-state index in [4.69, 9.17) is 4.74 Å². The van der Waals surface area contributed by atoms with Crippen molar-refractivity contribution in [3.63, 3.8) is 0 Å². The van der Waals surface area contributed by atoms with E-state index in [0.717, 1.165) is 0 Å². The first-order valence-corrected chi connectivity index (χ1v) is 4.34. The lowest BCUT2D eigenvalue weighted by Gasteiger charge is -2.31. The summed E-state index contributed by atoms with van der Waals surface area (Å²) in [4.78, 5) is 1.36. The molecule has 0 atom stereocenters. The Labute approximate surface area is 75.7 Å². The lowest BCUT2D eigenvalue weighted by molar-refractivity contribution is -0.150. The van der Waals surface area contributed by atoms with Gasteiger partial charge >= 0.3 is 6.18 Å². The van der Waals surface area contributed by atoms with Crippen molar-refractivity contribution in [3.05, 3.63) is 0 Å². The van der Waals surface area contributed by atoms with E-state index in [9.17, 15) is 13.2 Å². The zero-order valence-corrected chi connectivity index (χ0v) is 7.60. The van der Waals surface area contributed by atoms with E-state index < -0.39 is 12.7 Å². The van der Waals surface area contributed by atoms with Crippen molar-refractivity contribution in [1.29, 1.82) is 0 Å². The highest BCUT2D eigenvalue weighted by Crippen LogP contribution is 2.20. The van der Waals surface area contributed by atoms with Gasteiger partial charge in [0, 0.05) is 19.3 Å². The van der Waals surface area contributed by atoms with Crippen molar-refractivity contribution >= 4 is 0 Å². The van der Waals surface area contributed by atoms with E-state index in [1.54, 1.807) is 0 Å². The van der Waals surface area contributed by atoms with Crippen LogP contribution in [-0.4, -0.2) is 43.9 Å². The second-order valence-corrected chi connectivity index (χ2v) is 3.37. The van der Waals surface area contributed by atoms with E-state index in [2.05, 4.69) is 0 Å². The number of halogens is 3. The van der Waals surface area contributed by atoms with E-state index in [1.807, 2.05) is 0 Å². The number of nitrogens with zero attached hydrogens (tertiary/aromatic N) is 1. The third-order valence-corrected chi connectivity index (χ3v) is 2.24. The topological polar surface area (TPSA) is 12.5 Å². The summed E-state index contributed by atoms with van der Waals surface area (Å²) in [5.74, 6) is 0. The Kier molecular flexibility index (Phi) is 3.55. The summed E-state index contributed by atoms with van der Waals surface area (Å²) in [6.07, 6.45) is -2.69. The highest BCUT2D eigenvalue weighted by molar-refractivity contribution is 4.73. The molecule has 0 bridgehead atoms. The van der Waals surface area contributed by atoms with Crippen LogP contribution in [0.4, 0.5) is 13.2 Å². The van der Waals surface area contributed by atoms with E-state index in [-0.39, 0.29) is 6.04 Å². The van der Waals surface area contributed by atoms with Gasteiger partial charge in [-0.25, -0.2) is 0 Å². The average molecular weight is 197 g/mol. The van der Waals surface area contributed by atoms with Crippen LogP contribution in [0.15, 0.2) is 0 Å². The maximum absolute atomic E-state index is 12.0. The second kappa shape index (κ2) is 4.28. The minimum atomic E-state index is -4.09. The van der Waals surface area contributed by atoms with E-state index in [0.29, 0.717) is 26.1 Å². The highest BCUT2D eigenvalue weighted by Gasteiger charge is 2.32. The summed E-state index contributed by atoms with van der Waals surface area (Å²) in [7, 11) is 1.52. The Balaban J connectivity index is 2.33. The van der Waals surface area contributed by atoms with Crippen molar-refractivity contribution in [2.24, 2.45) is 0 Å². The van der Waals surface area contributed by atoms with Crippen LogP contribution >= 0.6 is 0 Å². The Morgan fingerprint density at radius 1 is 1.31 bits per heavy atom. The molecule has 0 radical (unpaired) electrons. The molecular weight excluding hydrogens is 183 g/mol. The second-order valence-electron chi connectivity index (χ2n) is 3.37. The first kappa shape index (κ1) is 10.8. The molecule has 1 heterocycles. The molecule has 1 aliphatic heterocycles. The summed E-state index contributed by atoms with van der Waals surface area (Å²) in [5, 5.41) is 0. The van der Waals surface area contributed by atoms with Crippen LogP contribution < -0.4 is 0 Å². The molecule has 0 aromatic rings. The van der Waals surface area contributed by atoms with Crippen LogP contribution in [0.25, 0.3) is 0 Å². The van der Waals surface area contributed by atoms with Crippen LogP contribution in [0.3, 0.4) is 0 Å². The predicted molar refractivity (Wildman–Crippen MR) is 42.5 cm³/mol. The number of hydrogen-bond donors (Lipinski definition) is 0. The highest BCUT2D eigenvalue weighted by atomic mass is 19.4. The smallest absolute Gasteiger partial charge is 0.381 e. The number of hydrogen-bond acceptors (Lipinski definition) is 2. The van der Waals surface area contributed by atoms with Crippen LogP contribution in [0, 0.1) is 0 Å². The number of alkyl halides is 3. The van der Waals surface area contributed by atoms with Crippen LogP contribution in [0.1, 0.15) is 12.8 Å². The van der Waals surface area contributed by atoms with Gasteiger partial charge in [0.15, 0.2) is 0 Å². The molecule has 1 rings (SSSR count). The predicted octanol–water partition coefficient (Wildman–Crippen LogP) is 1.66. The molecule has 0 N–H and O–H groups in total. The molecule has 0 spiro atoms. The van der Waals surface area contributed by atoms with Gasteiger partial charge in [-0.2, -0.15) is 13.2 Å². The van der Waals surface area contributed by atoms with Gasteiger partial charge in [0.1, 0.15) is 0 Å². The molecule has 0 aromatic heterocycles. The fraction of sp³-hybridized carbons (Fsp3) is 1.00. The summed E-state index contributed by atoms with van der Waals surface area (Å²) in [5.41, 5.74) is 0. The molecule has 5 heteroatoms. The van der Waals surface area contributed by atoms with Crippen LogP contribution in [0.2, 0.25) is 0 Å². The molecule has 0 unspecified atom stereocenters. The minimum absolute atomic E-state index is 0.0235. The largest absolute Gasteiger partial charge is 0.401 e. The molecule has 78 valence electrons. The average Bonchev–Trinajstić information content (AvgIpc) is 2.03. The van der Waals surface area contributed by atoms with Crippen LogP contribution in [-0.2, 0) is 4.74 Å². The molecule has 2 nitrogen and oxygen atoms in total. The SMILES string of the molecule is CN(CC(F)(F)F)C1CCOCC1. The molecule has 1 saturated heterocycles. The zero-order valence-electron chi connectivity index (χ0n) is 7.60. The Hall–Kier alpha value is -0.290. The van der Waals surface area contributed by atoms with Gasteiger partial charge in [0.2, 0.25) is 0 Å². The summed E-state index contributed by atoms with van der Waals surface area (Å²) < 4.78 is 41.0. The zero-order chi connectivity index (χ0) is 9.90. The van der Waals surface area contributed by atoms with E-state index in [1.165, 1.54) is 11.9 Å². The summed E-state index contributed by atoms with van der Waals surface area (Å²) >= 11 is 0. The van der Waals surface area contributed by atoms with Crippen molar-refractivity contribution in [2.45, 2.75) is 25.1 Å². The molecule has 1 fully saturated rings. The molecule has 0 saturated carbocycles. The lowest BCUT2D eigenvalue weighted by Crippen LogP contribution is -2.41. The third kappa shape index (κ3) is 3.95. The van der Waals surface area contributed by atoms with Gasteiger partial charge in [0.05, 0.1) is 6.54 Å². The fourth-order valence-corrected chi connectivity index (χ4v) is 1.54. The third-order valence-electron chi connectivity index (χ3n) is 2.24. The molecule has 13 heavy (non-hydrogen) atoms. The fourth-order valence-electron chi connectivity index (χ4n) is 1.54. The van der Waals surface area contributed by atoms with Gasteiger partial charge in [-0.1, -0.05) is 0 Å². The van der Waals surface area contributed by atoms with E-state index >= 15 is 0 Å². The first-order chi connectivity index (χ1) is 5.99. The minimum Gasteiger partial charge on any atom is -0.381 e. The van der Waals surface area contributed by atoms with Gasteiger partial charge in [0.25, 0.3) is 0 Å². The van der Waals surface area contributed by atoms with Crippen LogP contribution in [0.5, 0.6) is 0 Å². The lowest BCUT2D eigenvalue weighted by atomic mass is 10.1. The molecule has 0 aromatic carbocycles. The maximum atomic E-state index is 12.0. The Morgan fingerprint density at radius 2 is 1.85 bits per heavy atom. The normalized spacial score (nSPS) is 21.0.